The van der Waals surface area contributed by atoms with Gasteiger partial charge in [0.05, 0.1) is 37.4 Å². The maximum atomic E-state index is 13.3. The van der Waals surface area contributed by atoms with Crippen LogP contribution in [-0.2, 0) is 24.3 Å². The number of anilines is 1. The lowest BCUT2D eigenvalue weighted by atomic mass is 10.2. The number of ether oxygens (including phenoxy) is 3. The lowest BCUT2D eigenvalue weighted by Crippen LogP contribution is -2.50. The fraction of sp³-hybridized carbons (Fsp3) is 0.391. The second kappa shape index (κ2) is 10.2. The minimum atomic E-state index is -3.94. The number of carbonyl (C=O) groups is 2. The average Bonchev–Trinajstić information content (AvgIpc) is 2.82. The number of aryl methyl sites for hydroxylation is 1. The number of amides is 1. The number of methoxy groups -OCH3 is 1. The Morgan fingerprint density at radius 1 is 1.18 bits per heavy atom. The van der Waals surface area contributed by atoms with Gasteiger partial charge in [-0.1, -0.05) is 19.1 Å². The van der Waals surface area contributed by atoms with Crippen molar-refractivity contribution in [2.45, 2.75) is 31.8 Å². The maximum absolute atomic E-state index is 13.3. The largest absolute Gasteiger partial charge is 0.494 e. The number of nitrogens with zero attached hydrogens (tertiary/aromatic N) is 2. The highest BCUT2D eigenvalue weighted by molar-refractivity contribution is 7.89. The van der Waals surface area contributed by atoms with E-state index in [4.69, 9.17) is 14.2 Å². The number of para-hydroxylation sites is 2. The van der Waals surface area contributed by atoms with E-state index in [9.17, 15) is 18.0 Å². The average molecular weight is 477 g/mol. The van der Waals surface area contributed by atoms with Gasteiger partial charge in [-0.25, -0.2) is 13.2 Å². The van der Waals surface area contributed by atoms with Crippen molar-refractivity contribution in [1.29, 1.82) is 0 Å². The van der Waals surface area contributed by atoms with E-state index in [0.717, 1.165) is 4.31 Å². The van der Waals surface area contributed by atoms with Gasteiger partial charge in [0, 0.05) is 6.54 Å². The summed E-state index contributed by atoms with van der Waals surface area (Å²) in [5, 5.41) is 0. The monoisotopic (exact) mass is 476 g/mol. The molecule has 1 unspecified atom stereocenters. The number of hydrogen-bond acceptors (Lipinski definition) is 7. The van der Waals surface area contributed by atoms with Gasteiger partial charge in [0.25, 0.3) is 0 Å². The van der Waals surface area contributed by atoms with Crippen molar-refractivity contribution in [2.75, 3.05) is 38.3 Å². The smallest absolute Gasteiger partial charge is 0.348 e. The molecule has 1 amide bonds. The van der Waals surface area contributed by atoms with Gasteiger partial charge in [-0.05, 0) is 49.7 Å². The number of benzene rings is 2. The van der Waals surface area contributed by atoms with E-state index in [1.165, 1.54) is 24.1 Å². The molecule has 1 heterocycles. The molecule has 0 aromatic heterocycles. The van der Waals surface area contributed by atoms with E-state index in [2.05, 4.69) is 0 Å². The summed E-state index contributed by atoms with van der Waals surface area (Å²) in [6.07, 6.45) is -1.01. The second-order valence-electron chi connectivity index (χ2n) is 7.39. The van der Waals surface area contributed by atoms with E-state index >= 15 is 0 Å². The lowest BCUT2D eigenvalue weighted by molar-refractivity contribution is -0.148. The summed E-state index contributed by atoms with van der Waals surface area (Å²) in [5.41, 5.74) is 1.15. The molecular weight excluding hydrogens is 448 g/mol. The maximum Gasteiger partial charge on any atom is 0.348 e. The van der Waals surface area contributed by atoms with E-state index < -0.39 is 34.5 Å². The summed E-state index contributed by atoms with van der Waals surface area (Å²) in [6, 6.07) is 11.4. The second-order valence-corrected chi connectivity index (χ2v) is 9.33. The molecule has 33 heavy (non-hydrogen) atoms. The van der Waals surface area contributed by atoms with Crippen LogP contribution in [0, 0.1) is 6.92 Å². The molecule has 2 aromatic rings. The first kappa shape index (κ1) is 24.5. The highest BCUT2D eigenvalue weighted by Gasteiger charge is 2.36. The molecule has 0 bridgehead atoms. The number of likely N-dealkylation sites (N-methyl/N-ethyl adjacent to an activating group) is 1. The molecule has 178 valence electrons. The SMILES string of the molecule is CCOc1ccc(S(=O)(=O)N(CC)CC(=O)N2CC(C(=O)OC)Oc3ccccc32)cc1C. The first-order valence-corrected chi connectivity index (χ1v) is 12.0. The summed E-state index contributed by atoms with van der Waals surface area (Å²) in [7, 11) is -2.70. The third kappa shape index (κ3) is 5.12. The predicted octanol–water partition coefficient (Wildman–Crippen LogP) is 2.37. The molecule has 2 aromatic carbocycles. The van der Waals surface area contributed by atoms with Gasteiger partial charge in [-0.2, -0.15) is 4.31 Å². The van der Waals surface area contributed by atoms with Gasteiger partial charge in [0.1, 0.15) is 11.5 Å². The molecule has 0 N–H and O–H groups in total. The van der Waals surface area contributed by atoms with Crippen molar-refractivity contribution in [2.24, 2.45) is 0 Å². The molecule has 9 nitrogen and oxygen atoms in total. The number of esters is 1. The molecular formula is C23H28N2O7S. The Hall–Kier alpha value is -3.11. The molecule has 0 saturated carbocycles. The van der Waals surface area contributed by atoms with E-state index in [1.807, 2.05) is 6.92 Å². The molecule has 1 aliphatic rings. The van der Waals surface area contributed by atoms with Crippen LogP contribution in [0.4, 0.5) is 5.69 Å². The highest BCUT2D eigenvalue weighted by atomic mass is 32.2. The number of sulfonamides is 1. The van der Waals surface area contributed by atoms with Gasteiger partial charge in [-0.3, -0.25) is 4.79 Å². The highest BCUT2D eigenvalue weighted by Crippen LogP contribution is 2.34. The standard InChI is InChI=1S/C23H28N2O7S/c1-5-24(33(28,29)17-11-12-19(31-6-2)16(3)13-17)15-22(26)25-14-21(23(27)30-4)32-20-10-8-7-9-18(20)25/h7-13,21H,5-6,14-15H2,1-4H3. The summed E-state index contributed by atoms with van der Waals surface area (Å²) < 4.78 is 43.6. The Bertz CT molecular complexity index is 1130. The summed E-state index contributed by atoms with van der Waals surface area (Å²) in [6.45, 7) is 5.36. The number of rotatable bonds is 8. The molecule has 0 radical (unpaired) electrons. The van der Waals surface area contributed by atoms with Crippen molar-refractivity contribution < 1.29 is 32.2 Å². The zero-order valence-electron chi connectivity index (χ0n) is 19.1. The summed E-state index contributed by atoms with van der Waals surface area (Å²) in [4.78, 5) is 26.8. The number of carbonyl (C=O) groups excluding carboxylic acids is 2. The van der Waals surface area contributed by atoms with Gasteiger partial charge < -0.3 is 19.1 Å². The molecule has 10 heteroatoms. The van der Waals surface area contributed by atoms with Crippen molar-refractivity contribution in [3.8, 4) is 11.5 Å². The molecule has 3 rings (SSSR count). The zero-order valence-corrected chi connectivity index (χ0v) is 19.9. The topological polar surface area (TPSA) is 102 Å². The normalized spacial score (nSPS) is 15.5. The third-order valence-corrected chi connectivity index (χ3v) is 7.20. The zero-order chi connectivity index (χ0) is 24.2. The van der Waals surface area contributed by atoms with Crippen molar-refractivity contribution in [1.82, 2.24) is 4.31 Å². The number of fused-ring (bicyclic) bond motifs is 1. The third-order valence-electron chi connectivity index (χ3n) is 5.29. The van der Waals surface area contributed by atoms with Gasteiger partial charge >= 0.3 is 5.97 Å². The Morgan fingerprint density at radius 3 is 2.55 bits per heavy atom. The molecule has 0 saturated heterocycles. The van der Waals surface area contributed by atoms with E-state index in [-0.39, 0.29) is 18.0 Å². The van der Waals surface area contributed by atoms with Crippen LogP contribution < -0.4 is 14.4 Å². The Kier molecular flexibility index (Phi) is 7.60. The van der Waals surface area contributed by atoms with Gasteiger partial charge in [0.2, 0.25) is 22.0 Å². The minimum Gasteiger partial charge on any atom is -0.494 e. The van der Waals surface area contributed by atoms with Crippen LogP contribution in [-0.4, -0.2) is 64.1 Å². The van der Waals surface area contributed by atoms with Crippen LogP contribution in [0.25, 0.3) is 0 Å². The van der Waals surface area contributed by atoms with Crippen LogP contribution in [0.15, 0.2) is 47.4 Å². The Labute approximate surface area is 193 Å². The first-order chi connectivity index (χ1) is 15.7. The summed E-state index contributed by atoms with van der Waals surface area (Å²) in [5.74, 6) is -0.144. The van der Waals surface area contributed by atoms with Crippen molar-refractivity contribution in [3.05, 3.63) is 48.0 Å². The molecule has 1 atom stereocenters. The van der Waals surface area contributed by atoms with Crippen LogP contribution in [0.2, 0.25) is 0 Å². The predicted molar refractivity (Wildman–Crippen MR) is 122 cm³/mol. The number of hydrogen-bond donors (Lipinski definition) is 0. The van der Waals surface area contributed by atoms with E-state index in [0.29, 0.717) is 29.4 Å². The lowest BCUT2D eigenvalue weighted by Gasteiger charge is -2.34. The van der Waals surface area contributed by atoms with Crippen molar-refractivity contribution >= 4 is 27.6 Å². The van der Waals surface area contributed by atoms with Crippen LogP contribution in [0.5, 0.6) is 11.5 Å². The molecule has 0 aliphatic carbocycles. The fourth-order valence-electron chi connectivity index (χ4n) is 3.58. The van der Waals surface area contributed by atoms with Crippen LogP contribution in [0.1, 0.15) is 19.4 Å². The fourth-order valence-corrected chi connectivity index (χ4v) is 5.06. The molecule has 0 spiro atoms. The molecule has 1 aliphatic heterocycles. The summed E-state index contributed by atoms with van der Waals surface area (Å²) >= 11 is 0. The Balaban J connectivity index is 1.87. The minimum absolute atomic E-state index is 0.0768. The van der Waals surface area contributed by atoms with Crippen LogP contribution >= 0.6 is 0 Å². The molecule has 0 fully saturated rings. The van der Waals surface area contributed by atoms with Crippen molar-refractivity contribution in [3.63, 3.8) is 0 Å². The quantitative estimate of drug-likeness (QED) is 0.539. The Morgan fingerprint density at radius 2 is 1.91 bits per heavy atom. The van der Waals surface area contributed by atoms with Gasteiger partial charge in [0.15, 0.2) is 0 Å². The first-order valence-electron chi connectivity index (χ1n) is 10.6. The van der Waals surface area contributed by atoms with Gasteiger partial charge in [-0.15, -0.1) is 0 Å². The van der Waals surface area contributed by atoms with E-state index in [1.54, 1.807) is 44.2 Å². The van der Waals surface area contributed by atoms with Crippen LogP contribution in [0.3, 0.4) is 0 Å².